The first-order valence-electron chi connectivity index (χ1n) is 7.09. The van der Waals surface area contributed by atoms with Gasteiger partial charge in [0.05, 0.1) is 12.4 Å². The van der Waals surface area contributed by atoms with Crippen LogP contribution in [-0.4, -0.2) is 20.8 Å². The molecule has 0 aromatic heterocycles. The van der Waals surface area contributed by atoms with Gasteiger partial charge in [0, 0.05) is 5.41 Å². The number of benzene rings is 1. The van der Waals surface area contributed by atoms with Gasteiger partial charge in [-0.25, -0.2) is 13.6 Å². The Balaban J connectivity index is 2.10. The van der Waals surface area contributed by atoms with Gasteiger partial charge in [0.15, 0.2) is 0 Å². The Morgan fingerprint density at radius 1 is 1.20 bits per heavy atom. The summed E-state index contributed by atoms with van der Waals surface area (Å²) >= 11 is 0. The van der Waals surface area contributed by atoms with Crippen molar-refractivity contribution in [2.75, 3.05) is 12.4 Å². The van der Waals surface area contributed by atoms with Crippen LogP contribution in [0.3, 0.4) is 0 Å². The van der Waals surface area contributed by atoms with Crippen LogP contribution in [0.1, 0.15) is 37.7 Å². The van der Waals surface area contributed by atoms with Crippen LogP contribution in [0.5, 0.6) is 5.75 Å². The second kappa shape index (κ2) is 6.14. The molecule has 1 aliphatic carbocycles. The molecule has 1 aromatic carbocycles. The van der Waals surface area contributed by atoms with E-state index in [4.69, 9.17) is 9.88 Å². The third kappa shape index (κ3) is 4.21. The maximum absolute atomic E-state index is 11.5. The summed E-state index contributed by atoms with van der Waals surface area (Å²) in [5.74, 6) is 0.846. The molecule has 0 atom stereocenters. The van der Waals surface area contributed by atoms with Crippen LogP contribution in [-0.2, 0) is 10.0 Å². The molecular weight excluding hydrogens is 274 g/mol. The van der Waals surface area contributed by atoms with Crippen molar-refractivity contribution < 1.29 is 13.2 Å². The molecule has 0 radical (unpaired) electrons. The van der Waals surface area contributed by atoms with E-state index in [9.17, 15) is 8.42 Å². The lowest BCUT2D eigenvalue weighted by Gasteiger charge is -2.36. The van der Waals surface area contributed by atoms with Gasteiger partial charge in [-0.1, -0.05) is 37.5 Å². The molecular formula is C15H23NO3S. The van der Waals surface area contributed by atoms with E-state index in [1.165, 1.54) is 0 Å². The molecule has 1 aliphatic rings. The smallest absolute Gasteiger partial charge is 0.209 e. The molecule has 20 heavy (non-hydrogen) atoms. The van der Waals surface area contributed by atoms with Crippen molar-refractivity contribution in [1.82, 2.24) is 0 Å². The zero-order valence-electron chi connectivity index (χ0n) is 12.0. The van der Waals surface area contributed by atoms with Crippen LogP contribution in [0.25, 0.3) is 0 Å². The highest BCUT2D eigenvalue weighted by Gasteiger charge is 2.36. The highest BCUT2D eigenvalue weighted by molar-refractivity contribution is 7.89. The Hall–Kier alpha value is -1.07. The van der Waals surface area contributed by atoms with Crippen LogP contribution in [0.2, 0.25) is 0 Å². The van der Waals surface area contributed by atoms with Crippen LogP contribution < -0.4 is 9.88 Å². The lowest BCUT2D eigenvalue weighted by molar-refractivity contribution is 0.118. The highest BCUT2D eigenvalue weighted by Crippen LogP contribution is 2.38. The standard InChI is InChI=1S/C15H23NO3S/c1-13-7-3-4-8-14(13)19-11-15(12-20(16,17)18)9-5-2-6-10-15/h3-4,7-8H,2,5-6,9-12H2,1H3,(H2,16,17,18). The first-order chi connectivity index (χ1) is 9.40. The van der Waals surface area contributed by atoms with Gasteiger partial charge in [-0.2, -0.15) is 0 Å². The van der Waals surface area contributed by atoms with E-state index in [2.05, 4.69) is 0 Å². The number of nitrogens with two attached hydrogens (primary N) is 1. The summed E-state index contributed by atoms with van der Waals surface area (Å²) in [6.45, 7) is 2.41. The molecule has 0 unspecified atom stereocenters. The predicted octanol–water partition coefficient (Wildman–Crippen LogP) is 2.61. The number of hydrogen-bond acceptors (Lipinski definition) is 3. The van der Waals surface area contributed by atoms with Gasteiger partial charge in [0.2, 0.25) is 10.0 Å². The molecule has 0 heterocycles. The van der Waals surface area contributed by atoms with Gasteiger partial charge in [-0.15, -0.1) is 0 Å². The Labute approximate surface area is 121 Å². The molecule has 112 valence electrons. The van der Waals surface area contributed by atoms with Gasteiger partial charge >= 0.3 is 0 Å². The summed E-state index contributed by atoms with van der Waals surface area (Å²) in [4.78, 5) is 0. The molecule has 1 fully saturated rings. The van der Waals surface area contributed by atoms with Gasteiger partial charge in [0.25, 0.3) is 0 Å². The third-order valence-corrected chi connectivity index (χ3v) is 5.06. The summed E-state index contributed by atoms with van der Waals surface area (Å²) < 4.78 is 28.9. The minimum absolute atomic E-state index is 0.0197. The van der Waals surface area contributed by atoms with E-state index in [1.54, 1.807) is 0 Å². The number of sulfonamides is 1. The van der Waals surface area contributed by atoms with Crippen LogP contribution in [0.4, 0.5) is 0 Å². The number of primary sulfonamides is 1. The fourth-order valence-corrected chi connectivity index (χ4v) is 4.23. The molecule has 2 rings (SSSR count). The van der Waals surface area contributed by atoms with Crippen molar-refractivity contribution in [3.63, 3.8) is 0 Å². The minimum Gasteiger partial charge on any atom is -0.493 e. The van der Waals surface area contributed by atoms with E-state index < -0.39 is 10.0 Å². The van der Waals surface area contributed by atoms with Gasteiger partial charge in [-0.05, 0) is 31.4 Å². The largest absolute Gasteiger partial charge is 0.493 e. The Bertz CT molecular complexity index is 548. The lowest BCUT2D eigenvalue weighted by Crippen LogP contribution is -2.40. The van der Waals surface area contributed by atoms with Crippen LogP contribution in [0.15, 0.2) is 24.3 Å². The van der Waals surface area contributed by atoms with Crippen molar-refractivity contribution in [3.05, 3.63) is 29.8 Å². The normalized spacial score (nSPS) is 18.7. The molecule has 2 N–H and O–H groups in total. The second-order valence-electron chi connectivity index (χ2n) is 5.92. The molecule has 0 saturated heterocycles. The summed E-state index contributed by atoms with van der Waals surface area (Å²) in [5.41, 5.74) is 0.739. The van der Waals surface area contributed by atoms with Gasteiger partial charge < -0.3 is 4.74 Å². The molecule has 1 aromatic rings. The summed E-state index contributed by atoms with van der Waals surface area (Å²) in [6.07, 6.45) is 5.00. The van der Waals surface area contributed by atoms with Crippen LogP contribution in [0, 0.1) is 12.3 Å². The molecule has 1 saturated carbocycles. The molecule has 4 nitrogen and oxygen atoms in total. The molecule has 5 heteroatoms. The number of aryl methyl sites for hydroxylation is 1. The SMILES string of the molecule is Cc1ccccc1OCC1(CS(N)(=O)=O)CCCCC1. The van der Waals surface area contributed by atoms with E-state index in [1.807, 2.05) is 31.2 Å². The first-order valence-corrected chi connectivity index (χ1v) is 8.81. The molecule has 0 amide bonds. The van der Waals surface area contributed by atoms with Crippen molar-refractivity contribution in [1.29, 1.82) is 0 Å². The maximum Gasteiger partial charge on any atom is 0.209 e. The van der Waals surface area contributed by atoms with Gasteiger partial charge in [-0.3, -0.25) is 0 Å². The zero-order valence-corrected chi connectivity index (χ0v) is 12.8. The fourth-order valence-electron chi connectivity index (χ4n) is 3.01. The zero-order chi connectivity index (χ0) is 14.6. The third-order valence-electron chi connectivity index (χ3n) is 4.05. The summed E-state index contributed by atoms with van der Waals surface area (Å²) in [6, 6.07) is 7.80. The highest BCUT2D eigenvalue weighted by atomic mass is 32.2. The topological polar surface area (TPSA) is 69.4 Å². The average Bonchev–Trinajstić information content (AvgIpc) is 2.37. The number of para-hydroxylation sites is 1. The predicted molar refractivity (Wildman–Crippen MR) is 80.2 cm³/mol. The van der Waals surface area contributed by atoms with E-state index >= 15 is 0 Å². The van der Waals surface area contributed by atoms with E-state index in [0.29, 0.717) is 6.61 Å². The first kappa shape index (κ1) is 15.3. The quantitative estimate of drug-likeness (QED) is 0.908. The lowest BCUT2D eigenvalue weighted by atomic mass is 9.76. The fraction of sp³-hybridized carbons (Fsp3) is 0.600. The molecule has 0 aliphatic heterocycles. The van der Waals surface area contributed by atoms with Crippen molar-refractivity contribution >= 4 is 10.0 Å². The van der Waals surface area contributed by atoms with Crippen molar-refractivity contribution in [3.8, 4) is 5.75 Å². The van der Waals surface area contributed by atoms with E-state index in [0.717, 1.165) is 43.4 Å². The Morgan fingerprint density at radius 2 is 1.85 bits per heavy atom. The average molecular weight is 297 g/mol. The summed E-state index contributed by atoms with van der Waals surface area (Å²) in [7, 11) is -3.48. The maximum atomic E-state index is 11.5. The Kier molecular flexibility index (Phi) is 4.70. The minimum atomic E-state index is -3.48. The Morgan fingerprint density at radius 3 is 2.45 bits per heavy atom. The molecule has 0 spiro atoms. The van der Waals surface area contributed by atoms with Crippen LogP contribution >= 0.6 is 0 Å². The summed E-state index contributed by atoms with van der Waals surface area (Å²) in [5, 5.41) is 5.27. The van der Waals surface area contributed by atoms with E-state index in [-0.39, 0.29) is 11.2 Å². The number of rotatable bonds is 5. The number of ether oxygens (including phenoxy) is 1. The second-order valence-corrected chi connectivity index (χ2v) is 7.54. The van der Waals surface area contributed by atoms with Crippen molar-refractivity contribution in [2.24, 2.45) is 10.6 Å². The van der Waals surface area contributed by atoms with Gasteiger partial charge in [0.1, 0.15) is 5.75 Å². The monoisotopic (exact) mass is 297 g/mol. The van der Waals surface area contributed by atoms with Crippen molar-refractivity contribution in [2.45, 2.75) is 39.0 Å². The number of hydrogen-bond donors (Lipinski definition) is 1. The molecule has 0 bridgehead atoms.